The molecule has 10 heteroatoms. The highest BCUT2D eigenvalue weighted by molar-refractivity contribution is 6.30. The molecule has 3 aromatic rings. The lowest BCUT2D eigenvalue weighted by atomic mass is 10.00. The Morgan fingerprint density at radius 1 is 1.17 bits per heavy atom. The molecule has 4 N–H and O–H groups in total. The summed E-state index contributed by atoms with van der Waals surface area (Å²) < 4.78 is 6.34. The van der Waals surface area contributed by atoms with E-state index < -0.39 is 29.6 Å². The number of aromatic amines is 1. The number of amides is 1. The van der Waals surface area contributed by atoms with E-state index in [2.05, 4.69) is 10.4 Å². The Hall–Kier alpha value is -3.56. The van der Waals surface area contributed by atoms with Crippen LogP contribution in [0.25, 0.3) is 5.69 Å². The summed E-state index contributed by atoms with van der Waals surface area (Å²) in [5, 5.41) is 25.0. The van der Waals surface area contributed by atoms with Gasteiger partial charge in [0.05, 0.1) is 18.8 Å². The lowest BCUT2D eigenvalue weighted by Crippen LogP contribution is -2.40. The number of carbonyl (C=O) groups is 2. The second-order valence-corrected chi connectivity index (χ2v) is 6.73. The molecule has 30 heavy (non-hydrogen) atoms. The number of aliphatic hydroxyl groups excluding tert-OH is 1. The van der Waals surface area contributed by atoms with Crippen molar-refractivity contribution < 1.29 is 24.5 Å². The minimum absolute atomic E-state index is 0.118. The number of carboxylic acids is 1. The van der Waals surface area contributed by atoms with Gasteiger partial charge in [0, 0.05) is 16.7 Å². The molecule has 0 spiro atoms. The maximum absolute atomic E-state index is 12.7. The number of aromatic nitrogens is 2. The molecule has 9 nitrogen and oxygen atoms in total. The normalized spacial score (nSPS) is 12.8. The molecule has 156 valence electrons. The summed E-state index contributed by atoms with van der Waals surface area (Å²) in [7, 11) is 1.38. The molecule has 0 aliphatic heterocycles. The molecule has 0 saturated heterocycles. The lowest BCUT2D eigenvalue weighted by Gasteiger charge is -2.23. The Labute approximate surface area is 175 Å². The van der Waals surface area contributed by atoms with E-state index in [0.29, 0.717) is 10.7 Å². The highest BCUT2D eigenvalue weighted by atomic mass is 35.5. The summed E-state index contributed by atoms with van der Waals surface area (Å²) in [6.07, 6.45) is -1.95. The molecule has 0 radical (unpaired) electrons. The smallest absolute Gasteiger partial charge is 0.335 e. The van der Waals surface area contributed by atoms with Crippen LogP contribution in [0.15, 0.2) is 59.4 Å². The maximum atomic E-state index is 12.7. The molecule has 3 rings (SSSR count). The van der Waals surface area contributed by atoms with Gasteiger partial charge in [0.25, 0.3) is 11.5 Å². The van der Waals surface area contributed by atoms with E-state index in [-0.39, 0.29) is 17.0 Å². The summed E-state index contributed by atoms with van der Waals surface area (Å²) in [5.74, 6) is -2.02. The number of carboxylic acid groups (broad SMARTS) is 1. The second-order valence-electron chi connectivity index (χ2n) is 6.30. The molecular weight excluding hydrogens is 414 g/mol. The van der Waals surface area contributed by atoms with Gasteiger partial charge in [-0.2, -0.15) is 0 Å². The number of H-pyrrole nitrogens is 1. The molecule has 0 bridgehead atoms. The zero-order valence-electron chi connectivity index (χ0n) is 15.7. The van der Waals surface area contributed by atoms with Crippen LogP contribution in [-0.2, 0) is 4.79 Å². The first-order valence-electron chi connectivity index (χ1n) is 8.74. The average Bonchev–Trinajstić information content (AvgIpc) is 3.13. The van der Waals surface area contributed by atoms with E-state index in [4.69, 9.17) is 16.3 Å². The van der Waals surface area contributed by atoms with Crippen molar-refractivity contribution in [1.29, 1.82) is 0 Å². The van der Waals surface area contributed by atoms with E-state index >= 15 is 0 Å². The molecule has 1 heterocycles. The maximum Gasteiger partial charge on any atom is 0.335 e. The number of carbonyl (C=O) groups excluding carboxylic acids is 1. The third-order valence-corrected chi connectivity index (χ3v) is 4.63. The van der Waals surface area contributed by atoms with Crippen LogP contribution in [-0.4, -0.2) is 45.1 Å². The Morgan fingerprint density at radius 2 is 1.83 bits per heavy atom. The first kappa shape index (κ1) is 21.2. The number of benzene rings is 2. The number of nitrogens with one attached hydrogen (secondary N) is 2. The number of aliphatic hydroxyl groups is 1. The molecule has 2 atom stereocenters. The minimum Gasteiger partial charge on any atom is -0.496 e. The predicted molar refractivity (Wildman–Crippen MR) is 108 cm³/mol. The quantitative estimate of drug-likeness (QED) is 0.450. The van der Waals surface area contributed by atoms with Crippen molar-refractivity contribution in [3.05, 3.63) is 81.2 Å². The first-order valence-corrected chi connectivity index (χ1v) is 9.12. The van der Waals surface area contributed by atoms with Gasteiger partial charge in [-0.15, -0.1) is 0 Å². The summed E-state index contributed by atoms with van der Waals surface area (Å²) in [6, 6.07) is 12.5. The molecule has 0 unspecified atom stereocenters. The summed E-state index contributed by atoms with van der Waals surface area (Å²) >= 11 is 5.85. The number of nitrogens with zero attached hydrogens (tertiary/aromatic N) is 1. The van der Waals surface area contributed by atoms with Crippen molar-refractivity contribution in [2.24, 2.45) is 0 Å². The van der Waals surface area contributed by atoms with Crippen LogP contribution in [0.3, 0.4) is 0 Å². The third kappa shape index (κ3) is 4.37. The van der Waals surface area contributed by atoms with Crippen LogP contribution < -0.4 is 15.6 Å². The molecule has 1 aromatic heterocycles. The Morgan fingerprint density at radius 3 is 2.47 bits per heavy atom. The predicted octanol–water partition coefficient (Wildman–Crippen LogP) is 1.74. The summed E-state index contributed by atoms with van der Waals surface area (Å²) in [5.41, 5.74) is 0.0977. The van der Waals surface area contributed by atoms with Crippen molar-refractivity contribution in [1.82, 2.24) is 15.1 Å². The van der Waals surface area contributed by atoms with Crippen LogP contribution in [0.5, 0.6) is 5.75 Å². The summed E-state index contributed by atoms with van der Waals surface area (Å²) in [6.45, 7) is 0. The summed E-state index contributed by atoms with van der Waals surface area (Å²) in [4.78, 5) is 36.4. The molecule has 1 amide bonds. The molecule has 0 aliphatic carbocycles. The van der Waals surface area contributed by atoms with Gasteiger partial charge in [0.1, 0.15) is 11.4 Å². The van der Waals surface area contributed by atoms with Gasteiger partial charge in [-0.05, 0) is 30.3 Å². The van der Waals surface area contributed by atoms with Gasteiger partial charge in [-0.25, -0.2) is 9.48 Å². The Balaban J connectivity index is 1.93. The topological polar surface area (TPSA) is 134 Å². The molecule has 0 aliphatic rings. The van der Waals surface area contributed by atoms with Crippen molar-refractivity contribution in [3.63, 3.8) is 0 Å². The van der Waals surface area contributed by atoms with Crippen LogP contribution in [0.2, 0.25) is 5.02 Å². The zero-order chi connectivity index (χ0) is 21.8. The number of methoxy groups -OCH3 is 1. The molecule has 0 fully saturated rings. The van der Waals surface area contributed by atoms with Crippen LogP contribution >= 0.6 is 11.6 Å². The molecule has 0 saturated carbocycles. The molecule has 2 aromatic carbocycles. The van der Waals surface area contributed by atoms with Crippen molar-refractivity contribution >= 4 is 23.5 Å². The van der Waals surface area contributed by atoms with E-state index in [1.807, 2.05) is 0 Å². The van der Waals surface area contributed by atoms with E-state index in [1.165, 1.54) is 13.2 Å². The first-order chi connectivity index (χ1) is 14.3. The Bertz CT molecular complexity index is 1120. The van der Waals surface area contributed by atoms with Crippen molar-refractivity contribution in [2.75, 3.05) is 7.11 Å². The van der Waals surface area contributed by atoms with Crippen molar-refractivity contribution in [3.8, 4) is 11.4 Å². The molecular formula is C20H18ClN3O6. The van der Waals surface area contributed by atoms with Crippen LogP contribution in [0.4, 0.5) is 0 Å². The fraction of sp³-hybridized carbons (Fsp3) is 0.150. The highest BCUT2D eigenvalue weighted by Gasteiger charge is 2.31. The average molecular weight is 432 g/mol. The number of aliphatic carboxylic acids is 1. The number of para-hydroxylation sites is 1. The van der Waals surface area contributed by atoms with E-state index in [0.717, 1.165) is 10.7 Å². The standard InChI is InChI=1S/C20H18ClN3O6/c1-30-15-5-3-2-4-13(15)17(18(26)20(28)29)22-19(27)14-10-16(25)24(23-14)12-8-6-11(21)7-9-12/h2-10,17-18,23,26H,1H3,(H,22,27)(H,28,29)/t17-,18-/m1/s1. The lowest BCUT2D eigenvalue weighted by molar-refractivity contribution is -0.148. The Kier molecular flexibility index (Phi) is 6.24. The highest BCUT2D eigenvalue weighted by Crippen LogP contribution is 2.27. The SMILES string of the molecule is COc1ccccc1[C@@H](NC(=O)c1cc(=O)n(-c2ccc(Cl)cc2)[nH]1)[C@@H](O)C(=O)O. The minimum atomic E-state index is -1.95. The zero-order valence-corrected chi connectivity index (χ0v) is 16.5. The van der Waals surface area contributed by atoms with Gasteiger partial charge in [-0.1, -0.05) is 29.8 Å². The van der Waals surface area contributed by atoms with Gasteiger partial charge in [-0.3, -0.25) is 14.7 Å². The van der Waals surface area contributed by atoms with Gasteiger partial charge < -0.3 is 20.3 Å². The number of ether oxygens (including phenoxy) is 1. The number of hydrogen-bond donors (Lipinski definition) is 4. The monoisotopic (exact) mass is 431 g/mol. The third-order valence-electron chi connectivity index (χ3n) is 4.38. The fourth-order valence-corrected chi connectivity index (χ4v) is 3.03. The number of hydrogen-bond acceptors (Lipinski definition) is 5. The fourth-order valence-electron chi connectivity index (χ4n) is 2.91. The number of halogens is 1. The second kappa shape index (κ2) is 8.85. The van der Waals surface area contributed by atoms with Gasteiger partial charge in [0.2, 0.25) is 0 Å². The largest absolute Gasteiger partial charge is 0.496 e. The van der Waals surface area contributed by atoms with Crippen LogP contribution in [0.1, 0.15) is 22.1 Å². The van der Waals surface area contributed by atoms with Gasteiger partial charge in [0.15, 0.2) is 6.10 Å². The van der Waals surface area contributed by atoms with Crippen molar-refractivity contribution in [2.45, 2.75) is 12.1 Å². The van der Waals surface area contributed by atoms with Crippen LogP contribution in [0, 0.1) is 0 Å². The number of rotatable bonds is 7. The van der Waals surface area contributed by atoms with E-state index in [9.17, 15) is 24.6 Å². The van der Waals surface area contributed by atoms with Gasteiger partial charge >= 0.3 is 5.97 Å². The van der Waals surface area contributed by atoms with E-state index in [1.54, 1.807) is 42.5 Å².